The minimum Gasteiger partial charge on any atom is -0.326 e. The fraction of sp³-hybridized carbons (Fsp3) is 0.625. The molecule has 1 saturated carbocycles. The standard InChI is InChI=1S/C16H25ClN2/c1-3-11-19(14-9-10-14)16(15(18)4-2)12-5-7-13(17)8-6-12/h5-8,14-16H,3-4,9-11,18H2,1-2H3. The van der Waals surface area contributed by atoms with E-state index in [9.17, 15) is 0 Å². The summed E-state index contributed by atoms with van der Waals surface area (Å²) in [4.78, 5) is 2.61. The lowest BCUT2D eigenvalue weighted by Gasteiger charge is -2.36. The Balaban J connectivity index is 2.25. The molecular weight excluding hydrogens is 256 g/mol. The van der Waals surface area contributed by atoms with Gasteiger partial charge in [-0.1, -0.05) is 37.6 Å². The second kappa shape index (κ2) is 6.74. The van der Waals surface area contributed by atoms with Crippen molar-refractivity contribution in [3.8, 4) is 0 Å². The Bertz CT molecular complexity index is 386. The van der Waals surface area contributed by atoms with E-state index in [1.165, 1.54) is 24.8 Å². The minimum absolute atomic E-state index is 0.188. The van der Waals surface area contributed by atoms with Crippen LogP contribution in [0.3, 0.4) is 0 Å². The van der Waals surface area contributed by atoms with Gasteiger partial charge in [0.1, 0.15) is 0 Å². The van der Waals surface area contributed by atoms with E-state index in [1.54, 1.807) is 0 Å². The van der Waals surface area contributed by atoms with Crippen molar-refractivity contribution in [1.29, 1.82) is 0 Å². The number of nitrogens with zero attached hydrogens (tertiary/aromatic N) is 1. The summed E-state index contributed by atoms with van der Waals surface area (Å²) in [6, 6.07) is 9.47. The van der Waals surface area contributed by atoms with Crippen molar-refractivity contribution in [2.24, 2.45) is 5.73 Å². The molecule has 2 nitrogen and oxygen atoms in total. The molecule has 106 valence electrons. The van der Waals surface area contributed by atoms with Crippen LogP contribution in [0, 0.1) is 0 Å². The molecule has 0 aromatic heterocycles. The normalized spacial score (nSPS) is 18.6. The maximum atomic E-state index is 6.41. The molecule has 0 aliphatic heterocycles. The lowest BCUT2D eigenvalue weighted by molar-refractivity contribution is 0.159. The van der Waals surface area contributed by atoms with Crippen molar-refractivity contribution >= 4 is 11.6 Å². The fourth-order valence-corrected chi connectivity index (χ4v) is 2.91. The molecular formula is C16H25ClN2. The first-order valence-electron chi connectivity index (χ1n) is 7.44. The maximum Gasteiger partial charge on any atom is 0.0502 e. The number of nitrogens with two attached hydrogens (primary N) is 1. The predicted molar refractivity (Wildman–Crippen MR) is 82.5 cm³/mol. The van der Waals surface area contributed by atoms with Gasteiger partial charge in [-0.05, 0) is 49.9 Å². The fourth-order valence-electron chi connectivity index (χ4n) is 2.78. The number of benzene rings is 1. The SMILES string of the molecule is CCCN(C1CC1)C(c1ccc(Cl)cc1)C(N)CC. The summed E-state index contributed by atoms with van der Waals surface area (Å²) >= 11 is 6.00. The predicted octanol–water partition coefficient (Wildman–Crippen LogP) is 3.99. The highest BCUT2D eigenvalue weighted by molar-refractivity contribution is 6.30. The number of hydrogen-bond acceptors (Lipinski definition) is 2. The average molecular weight is 281 g/mol. The quantitative estimate of drug-likeness (QED) is 0.818. The highest BCUT2D eigenvalue weighted by Gasteiger charge is 2.36. The number of halogens is 1. The average Bonchev–Trinajstić information content (AvgIpc) is 3.24. The minimum atomic E-state index is 0.188. The first-order chi connectivity index (χ1) is 9.17. The molecule has 1 aliphatic carbocycles. The molecule has 0 saturated heterocycles. The van der Waals surface area contributed by atoms with Gasteiger partial charge < -0.3 is 5.73 Å². The van der Waals surface area contributed by atoms with Crippen molar-refractivity contribution in [3.05, 3.63) is 34.9 Å². The van der Waals surface area contributed by atoms with Gasteiger partial charge in [0.2, 0.25) is 0 Å². The Morgan fingerprint density at radius 3 is 2.37 bits per heavy atom. The van der Waals surface area contributed by atoms with Gasteiger partial charge in [-0.3, -0.25) is 4.90 Å². The topological polar surface area (TPSA) is 29.3 Å². The Hall–Kier alpha value is -0.570. The summed E-state index contributed by atoms with van der Waals surface area (Å²) in [5, 5.41) is 0.793. The Kier molecular flexibility index (Phi) is 5.26. The summed E-state index contributed by atoms with van der Waals surface area (Å²) < 4.78 is 0. The van der Waals surface area contributed by atoms with Gasteiger partial charge in [-0.25, -0.2) is 0 Å². The number of hydrogen-bond donors (Lipinski definition) is 1. The van der Waals surface area contributed by atoms with Crippen LogP contribution in [0.1, 0.15) is 51.1 Å². The third kappa shape index (κ3) is 3.71. The van der Waals surface area contributed by atoms with Crippen LogP contribution >= 0.6 is 11.6 Å². The van der Waals surface area contributed by atoms with E-state index in [0.29, 0.717) is 6.04 Å². The zero-order valence-electron chi connectivity index (χ0n) is 12.0. The number of rotatable bonds is 7. The maximum absolute atomic E-state index is 6.41. The molecule has 2 unspecified atom stereocenters. The zero-order chi connectivity index (χ0) is 13.8. The van der Waals surface area contributed by atoms with Gasteiger partial charge in [0.05, 0.1) is 6.04 Å². The van der Waals surface area contributed by atoms with Gasteiger partial charge in [0.25, 0.3) is 0 Å². The van der Waals surface area contributed by atoms with Crippen LogP contribution < -0.4 is 5.73 Å². The molecule has 2 rings (SSSR count). The largest absolute Gasteiger partial charge is 0.326 e. The van der Waals surface area contributed by atoms with Gasteiger partial charge >= 0.3 is 0 Å². The van der Waals surface area contributed by atoms with E-state index < -0.39 is 0 Å². The zero-order valence-corrected chi connectivity index (χ0v) is 12.7. The summed E-state index contributed by atoms with van der Waals surface area (Å²) in [6.45, 7) is 5.54. The van der Waals surface area contributed by atoms with Crippen molar-refractivity contribution in [3.63, 3.8) is 0 Å². The van der Waals surface area contributed by atoms with Crippen LogP contribution in [0.4, 0.5) is 0 Å². The van der Waals surface area contributed by atoms with Gasteiger partial charge in [0.15, 0.2) is 0 Å². The highest BCUT2D eigenvalue weighted by Crippen LogP contribution is 2.36. The van der Waals surface area contributed by atoms with Gasteiger partial charge in [0, 0.05) is 17.1 Å². The molecule has 1 aromatic rings. The van der Waals surface area contributed by atoms with Crippen molar-refractivity contribution in [1.82, 2.24) is 4.90 Å². The van der Waals surface area contributed by atoms with E-state index >= 15 is 0 Å². The van der Waals surface area contributed by atoms with Crippen molar-refractivity contribution in [2.75, 3.05) is 6.54 Å². The second-order valence-corrected chi connectivity index (χ2v) is 5.97. The highest BCUT2D eigenvalue weighted by atomic mass is 35.5. The van der Waals surface area contributed by atoms with Crippen LogP contribution in [-0.4, -0.2) is 23.5 Å². The molecule has 3 heteroatoms. The van der Waals surface area contributed by atoms with E-state index in [4.69, 9.17) is 17.3 Å². The smallest absolute Gasteiger partial charge is 0.0502 e. The molecule has 1 aromatic carbocycles. The first kappa shape index (κ1) is 14.8. The molecule has 0 radical (unpaired) electrons. The second-order valence-electron chi connectivity index (χ2n) is 5.54. The Morgan fingerprint density at radius 1 is 1.26 bits per heavy atom. The van der Waals surface area contributed by atoms with E-state index in [1.807, 2.05) is 12.1 Å². The Morgan fingerprint density at radius 2 is 1.89 bits per heavy atom. The van der Waals surface area contributed by atoms with Crippen LogP contribution in [0.15, 0.2) is 24.3 Å². The van der Waals surface area contributed by atoms with Gasteiger partial charge in [-0.2, -0.15) is 0 Å². The molecule has 0 heterocycles. The molecule has 19 heavy (non-hydrogen) atoms. The van der Waals surface area contributed by atoms with E-state index in [0.717, 1.165) is 24.0 Å². The van der Waals surface area contributed by atoms with Crippen LogP contribution in [0.25, 0.3) is 0 Å². The van der Waals surface area contributed by atoms with Crippen LogP contribution in [0.2, 0.25) is 5.02 Å². The van der Waals surface area contributed by atoms with E-state index in [-0.39, 0.29) is 6.04 Å². The summed E-state index contributed by atoms with van der Waals surface area (Å²) in [5.74, 6) is 0. The Labute approximate surface area is 121 Å². The van der Waals surface area contributed by atoms with Crippen molar-refractivity contribution in [2.45, 2.75) is 57.7 Å². The summed E-state index contributed by atoms with van der Waals surface area (Å²) in [5.41, 5.74) is 7.71. The summed E-state index contributed by atoms with van der Waals surface area (Å²) in [6.07, 6.45) is 4.82. The molecule has 0 spiro atoms. The van der Waals surface area contributed by atoms with Gasteiger partial charge in [-0.15, -0.1) is 0 Å². The molecule has 0 bridgehead atoms. The monoisotopic (exact) mass is 280 g/mol. The van der Waals surface area contributed by atoms with E-state index in [2.05, 4.69) is 30.9 Å². The lowest BCUT2D eigenvalue weighted by Crippen LogP contribution is -2.42. The third-order valence-corrected chi connectivity index (χ3v) is 4.20. The summed E-state index contributed by atoms with van der Waals surface area (Å²) in [7, 11) is 0. The van der Waals surface area contributed by atoms with Crippen LogP contribution in [-0.2, 0) is 0 Å². The van der Waals surface area contributed by atoms with Crippen LogP contribution in [0.5, 0.6) is 0 Å². The molecule has 2 atom stereocenters. The third-order valence-electron chi connectivity index (χ3n) is 3.94. The van der Waals surface area contributed by atoms with Crippen molar-refractivity contribution < 1.29 is 0 Å². The molecule has 2 N–H and O–H groups in total. The first-order valence-corrected chi connectivity index (χ1v) is 7.82. The molecule has 0 amide bonds. The lowest BCUT2D eigenvalue weighted by atomic mass is 9.96. The molecule has 1 aliphatic rings. The molecule has 1 fully saturated rings.